The number of pyridine rings is 1. The zero-order valence-corrected chi connectivity index (χ0v) is 17.0. The minimum Gasteiger partial charge on any atom is -0.342 e. The van der Waals surface area contributed by atoms with E-state index in [1.807, 2.05) is 18.5 Å². The summed E-state index contributed by atoms with van der Waals surface area (Å²) in [5.74, 6) is 0.571. The Kier molecular flexibility index (Phi) is 6.60. The van der Waals surface area contributed by atoms with Gasteiger partial charge >= 0.3 is 0 Å². The molecular weight excluding hydrogens is 350 g/mol. The van der Waals surface area contributed by atoms with E-state index in [2.05, 4.69) is 25.8 Å². The Morgan fingerprint density at radius 1 is 1.07 bits per heavy atom. The molecular formula is C22H35N5O. The van der Waals surface area contributed by atoms with E-state index >= 15 is 0 Å². The highest BCUT2D eigenvalue weighted by molar-refractivity contribution is 5.79. The molecule has 6 nitrogen and oxygen atoms in total. The van der Waals surface area contributed by atoms with Gasteiger partial charge in [0, 0.05) is 50.7 Å². The maximum atomic E-state index is 13.0. The van der Waals surface area contributed by atoms with Crippen molar-refractivity contribution >= 4 is 5.91 Å². The fraction of sp³-hybridized carbons (Fsp3) is 0.727. The lowest BCUT2D eigenvalue weighted by atomic mass is 9.92. The Bertz CT molecular complexity index is 623. The van der Waals surface area contributed by atoms with Crippen LogP contribution in [0.4, 0.5) is 0 Å². The van der Waals surface area contributed by atoms with Crippen LogP contribution in [0, 0.1) is 5.92 Å². The van der Waals surface area contributed by atoms with E-state index in [-0.39, 0.29) is 12.0 Å². The van der Waals surface area contributed by atoms with Crippen LogP contribution in [0.5, 0.6) is 0 Å². The highest BCUT2D eigenvalue weighted by atomic mass is 16.2. The Morgan fingerprint density at radius 2 is 1.86 bits per heavy atom. The van der Waals surface area contributed by atoms with Gasteiger partial charge in [0.2, 0.25) is 5.91 Å². The SMILES string of the molecule is NC1CCN(C(=O)C2CCCN(C3CCN(Cc4cccnc4)CC3)C2)CC1. The first-order valence-electron chi connectivity index (χ1n) is 11.1. The zero-order valence-electron chi connectivity index (χ0n) is 17.0. The molecule has 154 valence electrons. The standard InChI is InChI=1S/C22H35N5O/c23-20-5-13-26(14-6-20)22(28)19-4-2-10-27(17-19)21-7-11-25(12-8-21)16-18-3-1-9-24-15-18/h1,3,9,15,19-21H,2,4-8,10-14,16-17,23H2. The molecule has 4 heterocycles. The molecule has 1 aromatic heterocycles. The summed E-state index contributed by atoms with van der Waals surface area (Å²) in [5.41, 5.74) is 7.30. The number of piperidine rings is 3. The average Bonchev–Trinajstić information content (AvgIpc) is 2.75. The van der Waals surface area contributed by atoms with Gasteiger partial charge in [-0.25, -0.2) is 0 Å². The average molecular weight is 386 g/mol. The summed E-state index contributed by atoms with van der Waals surface area (Å²) in [6.07, 6.45) is 10.3. The van der Waals surface area contributed by atoms with Crippen LogP contribution in [0.25, 0.3) is 0 Å². The topological polar surface area (TPSA) is 65.7 Å². The number of carbonyl (C=O) groups is 1. The Balaban J connectivity index is 1.25. The predicted octanol–water partition coefficient (Wildman–Crippen LogP) is 1.71. The third kappa shape index (κ3) is 4.91. The third-order valence-corrected chi connectivity index (χ3v) is 6.86. The van der Waals surface area contributed by atoms with Crippen LogP contribution < -0.4 is 5.73 Å². The van der Waals surface area contributed by atoms with Crippen molar-refractivity contribution in [3.05, 3.63) is 30.1 Å². The number of nitrogens with two attached hydrogens (primary N) is 1. The van der Waals surface area contributed by atoms with E-state index in [4.69, 9.17) is 5.73 Å². The van der Waals surface area contributed by atoms with E-state index < -0.39 is 0 Å². The van der Waals surface area contributed by atoms with Crippen LogP contribution in [0.15, 0.2) is 24.5 Å². The minimum atomic E-state index is 0.191. The van der Waals surface area contributed by atoms with Crippen molar-refractivity contribution in [3.63, 3.8) is 0 Å². The fourth-order valence-corrected chi connectivity index (χ4v) is 5.11. The van der Waals surface area contributed by atoms with Crippen molar-refractivity contribution in [1.82, 2.24) is 19.7 Å². The van der Waals surface area contributed by atoms with E-state index in [0.717, 1.165) is 71.5 Å². The van der Waals surface area contributed by atoms with Crippen LogP contribution in [-0.4, -0.2) is 76.9 Å². The summed E-state index contributed by atoms with van der Waals surface area (Å²) >= 11 is 0. The monoisotopic (exact) mass is 385 g/mol. The van der Waals surface area contributed by atoms with Crippen LogP contribution >= 0.6 is 0 Å². The van der Waals surface area contributed by atoms with Gasteiger partial charge in [-0.05, 0) is 69.8 Å². The van der Waals surface area contributed by atoms with Crippen molar-refractivity contribution in [2.24, 2.45) is 11.7 Å². The van der Waals surface area contributed by atoms with Gasteiger partial charge in [0.15, 0.2) is 0 Å². The molecule has 1 atom stereocenters. The smallest absolute Gasteiger partial charge is 0.226 e. The van der Waals surface area contributed by atoms with Gasteiger partial charge in [-0.2, -0.15) is 0 Å². The van der Waals surface area contributed by atoms with Crippen LogP contribution in [0.2, 0.25) is 0 Å². The molecule has 0 aliphatic carbocycles. The van der Waals surface area contributed by atoms with Gasteiger partial charge in [-0.1, -0.05) is 6.07 Å². The lowest BCUT2D eigenvalue weighted by molar-refractivity contribution is -0.138. The quantitative estimate of drug-likeness (QED) is 0.855. The van der Waals surface area contributed by atoms with Gasteiger partial charge in [0.1, 0.15) is 0 Å². The molecule has 1 unspecified atom stereocenters. The summed E-state index contributed by atoms with van der Waals surface area (Å²) < 4.78 is 0. The number of rotatable bonds is 4. The van der Waals surface area contributed by atoms with Crippen molar-refractivity contribution in [2.45, 2.75) is 57.2 Å². The zero-order chi connectivity index (χ0) is 19.3. The Morgan fingerprint density at radius 3 is 2.57 bits per heavy atom. The summed E-state index contributed by atoms with van der Waals surface area (Å²) in [5, 5.41) is 0. The number of amides is 1. The molecule has 28 heavy (non-hydrogen) atoms. The van der Waals surface area contributed by atoms with E-state index in [1.165, 1.54) is 18.4 Å². The van der Waals surface area contributed by atoms with Gasteiger partial charge in [-0.15, -0.1) is 0 Å². The number of hydrogen-bond acceptors (Lipinski definition) is 5. The molecule has 3 aliphatic rings. The lowest BCUT2D eigenvalue weighted by Crippen LogP contribution is -2.52. The normalized spacial score (nSPS) is 26.5. The fourth-order valence-electron chi connectivity index (χ4n) is 5.11. The molecule has 6 heteroatoms. The van der Waals surface area contributed by atoms with Crippen LogP contribution in [-0.2, 0) is 11.3 Å². The largest absolute Gasteiger partial charge is 0.342 e. The van der Waals surface area contributed by atoms with E-state index in [9.17, 15) is 4.79 Å². The van der Waals surface area contributed by atoms with E-state index in [0.29, 0.717) is 11.9 Å². The number of aromatic nitrogens is 1. The number of carbonyl (C=O) groups excluding carboxylic acids is 1. The maximum absolute atomic E-state index is 13.0. The van der Waals surface area contributed by atoms with Crippen molar-refractivity contribution < 1.29 is 4.79 Å². The second-order valence-electron chi connectivity index (χ2n) is 8.87. The molecule has 1 aromatic rings. The van der Waals surface area contributed by atoms with Gasteiger partial charge < -0.3 is 10.6 Å². The molecule has 4 rings (SSSR count). The first-order valence-corrected chi connectivity index (χ1v) is 11.1. The number of likely N-dealkylation sites (tertiary alicyclic amines) is 3. The Labute approximate surface area is 169 Å². The molecule has 0 aromatic carbocycles. The van der Waals surface area contributed by atoms with Crippen molar-refractivity contribution in [1.29, 1.82) is 0 Å². The molecule has 3 saturated heterocycles. The number of nitrogens with zero attached hydrogens (tertiary/aromatic N) is 4. The van der Waals surface area contributed by atoms with Gasteiger partial charge in [-0.3, -0.25) is 19.6 Å². The summed E-state index contributed by atoms with van der Waals surface area (Å²) in [4.78, 5) is 24.4. The first kappa shape index (κ1) is 19.8. The second kappa shape index (κ2) is 9.33. The second-order valence-corrected chi connectivity index (χ2v) is 8.87. The number of hydrogen-bond donors (Lipinski definition) is 1. The molecule has 0 radical (unpaired) electrons. The molecule has 0 bridgehead atoms. The lowest BCUT2D eigenvalue weighted by Gasteiger charge is -2.43. The third-order valence-electron chi connectivity index (χ3n) is 6.86. The maximum Gasteiger partial charge on any atom is 0.226 e. The van der Waals surface area contributed by atoms with Gasteiger partial charge in [0.05, 0.1) is 5.92 Å². The van der Waals surface area contributed by atoms with Gasteiger partial charge in [0.25, 0.3) is 0 Å². The summed E-state index contributed by atoms with van der Waals surface area (Å²) in [7, 11) is 0. The predicted molar refractivity (Wildman–Crippen MR) is 111 cm³/mol. The highest BCUT2D eigenvalue weighted by Gasteiger charge is 2.34. The van der Waals surface area contributed by atoms with E-state index in [1.54, 1.807) is 0 Å². The first-order chi connectivity index (χ1) is 13.7. The van der Waals surface area contributed by atoms with Crippen molar-refractivity contribution in [3.8, 4) is 0 Å². The molecule has 1 amide bonds. The molecule has 2 N–H and O–H groups in total. The molecule has 3 aliphatic heterocycles. The highest BCUT2D eigenvalue weighted by Crippen LogP contribution is 2.26. The van der Waals surface area contributed by atoms with Crippen LogP contribution in [0.1, 0.15) is 44.1 Å². The summed E-state index contributed by atoms with van der Waals surface area (Å²) in [6, 6.07) is 5.09. The Hall–Kier alpha value is -1.50. The molecule has 0 saturated carbocycles. The van der Waals surface area contributed by atoms with Crippen molar-refractivity contribution in [2.75, 3.05) is 39.3 Å². The van der Waals surface area contributed by atoms with Crippen LogP contribution in [0.3, 0.4) is 0 Å². The molecule has 0 spiro atoms. The molecule has 3 fully saturated rings. The summed E-state index contributed by atoms with van der Waals surface area (Å²) in [6.45, 7) is 7.08. The minimum absolute atomic E-state index is 0.191.